The largest absolute Gasteiger partial charge is 0.345 e. The number of H-pyrrole nitrogens is 1. The summed E-state index contributed by atoms with van der Waals surface area (Å²) in [6.07, 6.45) is 1.75. The number of rotatable bonds is 0. The van der Waals surface area contributed by atoms with Crippen LogP contribution in [-0.4, -0.2) is 9.97 Å². The summed E-state index contributed by atoms with van der Waals surface area (Å²) in [5, 5.41) is 0. The molecule has 0 atom stereocenters. The maximum Gasteiger partial charge on any atom is 0.0931 e. The van der Waals surface area contributed by atoms with Crippen molar-refractivity contribution in [1.29, 1.82) is 0 Å². The summed E-state index contributed by atoms with van der Waals surface area (Å²) in [5.41, 5.74) is 5.01. The number of fused-ring (bicyclic) bond motifs is 1. The van der Waals surface area contributed by atoms with E-state index in [0.717, 1.165) is 11.0 Å². The van der Waals surface area contributed by atoms with Crippen LogP contribution in [0.3, 0.4) is 0 Å². The maximum atomic E-state index is 4.29. The minimum absolute atomic E-state index is 0.198. The molecular formula is C12H16N2. The van der Waals surface area contributed by atoms with E-state index in [4.69, 9.17) is 0 Å². The minimum Gasteiger partial charge on any atom is -0.345 e. The van der Waals surface area contributed by atoms with Crippen LogP contribution in [-0.2, 0) is 5.41 Å². The van der Waals surface area contributed by atoms with E-state index in [2.05, 4.69) is 49.8 Å². The normalized spacial score (nSPS) is 12.3. The molecule has 1 heterocycles. The van der Waals surface area contributed by atoms with Crippen molar-refractivity contribution in [3.63, 3.8) is 0 Å². The third kappa shape index (κ3) is 1.41. The molecule has 0 saturated heterocycles. The van der Waals surface area contributed by atoms with Crippen LogP contribution in [0.15, 0.2) is 18.5 Å². The summed E-state index contributed by atoms with van der Waals surface area (Å²) in [5.74, 6) is 0. The van der Waals surface area contributed by atoms with Gasteiger partial charge >= 0.3 is 0 Å². The molecule has 0 radical (unpaired) electrons. The molecule has 2 rings (SSSR count). The predicted molar refractivity (Wildman–Crippen MR) is 59.5 cm³/mol. The molecule has 0 aliphatic rings. The summed E-state index contributed by atoms with van der Waals surface area (Å²) in [6, 6.07) is 4.42. The van der Waals surface area contributed by atoms with Crippen molar-refractivity contribution in [2.24, 2.45) is 0 Å². The molecule has 0 fully saturated rings. The second-order valence-corrected chi connectivity index (χ2v) is 4.84. The van der Waals surface area contributed by atoms with E-state index in [1.54, 1.807) is 6.33 Å². The molecule has 1 aromatic heterocycles. The molecule has 0 bridgehead atoms. The molecular weight excluding hydrogens is 172 g/mol. The quantitative estimate of drug-likeness (QED) is 0.676. The fourth-order valence-electron chi connectivity index (χ4n) is 1.66. The fourth-order valence-corrected chi connectivity index (χ4v) is 1.66. The van der Waals surface area contributed by atoms with Crippen molar-refractivity contribution in [3.8, 4) is 0 Å². The van der Waals surface area contributed by atoms with Gasteiger partial charge in [-0.3, -0.25) is 0 Å². The molecule has 14 heavy (non-hydrogen) atoms. The number of hydrogen-bond acceptors (Lipinski definition) is 1. The highest BCUT2D eigenvalue weighted by Gasteiger charge is 2.15. The van der Waals surface area contributed by atoms with Gasteiger partial charge in [-0.05, 0) is 29.5 Å². The number of nitrogens with zero attached hydrogens (tertiary/aromatic N) is 1. The Bertz CT molecular complexity index is 461. The Balaban J connectivity index is 2.70. The van der Waals surface area contributed by atoms with Gasteiger partial charge in [0, 0.05) is 0 Å². The van der Waals surface area contributed by atoms with Crippen molar-refractivity contribution < 1.29 is 0 Å². The predicted octanol–water partition coefficient (Wildman–Crippen LogP) is 3.17. The van der Waals surface area contributed by atoms with Crippen LogP contribution in [0, 0.1) is 6.92 Å². The van der Waals surface area contributed by atoms with Crippen LogP contribution in [0.25, 0.3) is 11.0 Å². The monoisotopic (exact) mass is 188 g/mol. The first-order chi connectivity index (χ1) is 6.48. The Labute approximate surface area is 84.4 Å². The topological polar surface area (TPSA) is 28.7 Å². The molecule has 1 aromatic carbocycles. The average Bonchev–Trinajstić information content (AvgIpc) is 2.50. The zero-order chi connectivity index (χ0) is 10.3. The van der Waals surface area contributed by atoms with Gasteiger partial charge in [0.2, 0.25) is 0 Å². The van der Waals surface area contributed by atoms with E-state index in [9.17, 15) is 0 Å². The molecule has 0 aliphatic carbocycles. The van der Waals surface area contributed by atoms with Crippen LogP contribution in [0.5, 0.6) is 0 Å². The first kappa shape index (κ1) is 9.25. The smallest absolute Gasteiger partial charge is 0.0931 e. The standard InChI is InChI=1S/C12H16N2/c1-8-5-9(12(2,3)4)6-10-11(8)14-7-13-10/h5-7H,1-4H3,(H,13,14). The summed E-state index contributed by atoms with van der Waals surface area (Å²) in [6.45, 7) is 8.79. The van der Waals surface area contributed by atoms with E-state index in [-0.39, 0.29) is 5.41 Å². The lowest BCUT2D eigenvalue weighted by molar-refractivity contribution is 0.590. The third-order valence-electron chi connectivity index (χ3n) is 2.58. The van der Waals surface area contributed by atoms with Gasteiger partial charge in [-0.15, -0.1) is 0 Å². The van der Waals surface area contributed by atoms with Crippen molar-refractivity contribution in [2.45, 2.75) is 33.1 Å². The average molecular weight is 188 g/mol. The lowest BCUT2D eigenvalue weighted by Crippen LogP contribution is -2.11. The third-order valence-corrected chi connectivity index (χ3v) is 2.58. The number of aromatic amines is 1. The van der Waals surface area contributed by atoms with Crippen LogP contribution < -0.4 is 0 Å². The first-order valence-electron chi connectivity index (χ1n) is 4.93. The Morgan fingerprint density at radius 2 is 1.93 bits per heavy atom. The maximum absolute atomic E-state index is 4.29. The minimum atomic E-state index is 0.198. The molecule has 2 nitrogen and oxygen atoms in total. The number of hydrogen-bond donors (Lipinski definition) is 1. The highest BCUT2D eigenvalue weighted by molar-refractivity contribution is 5.79. The molecule has 0 unspecified atom stereocenters. The molecule has 2 aromatic rings. The van der Waals surface area contributed by atoms with Crippen LogP contribution >= 0.6 is 0 Å². The van der Waals surface area contributed by atoms with Gasteiger partial charge in [-0.2, -0.15) is 0 Å². The van der Waals surface area contributed by atoms with E-state index >= 15 is 0 Å². The van der Waals surface area contributed by atoms with Crippen molar-refractivity contribution in [1.82, 2.24) is 9.97 Å². The Morgan fingerprint density at radius 1 is 1.21 bits per heavy atom. The van der Waals surface area contributed by atoms with E-state index in [0.29, 0.717) is 0 Å². The van der Waals surface area contributed by atoms with Gasteiger partial charge in [0.15, 0.2) is 0 Å². The molecule has 0 saturated carbocycles. The number of aryl methyl sites for hydroxylation is 1. The highest BCUT2D eigenvalue weighted by atomic mass is 14.9. The fraction of sp³-hybridized carbons (Fsp3) is 0.417. The molecule has 1 N–H and O–H groups in total. The second-order valence-electron chi connectivity index (χ2n) is 4.84. The van der Waals surface area contributed by atoms with Gasteiger partial charge < -0.3 is 4.98 Å². The van der Waals surface area contributed by atoms with Gasteiger partial charge in [0.05, 0.1) is 17.4 Å². The number of aromatic nitrogens is 2. The highest BCUT2D eigenvalue weighted by Crippen LogP contribution is 2.26. The zero-order valence-corrected chi connectivity index (χ0v) is 9.18. The zero-order valence-electron chi connectivity index (χ0n) is 9.18. The Morgan fingerprint density at radius 3 is 2.57 bits per heavy atom. The van der Waals surface area contributed by atoms with E-state index < -0.39 is 0 Å². The van der Waals surface area contributed by atoms with Crippen molar-refractivity contribution in [3.05, 3.63) is 29.6 Å². The SMILES string of the molecule is Cc1cc(C(C)(C)C)cc2[nH]cnc12. The van der Waals surface area contributed by atoms with Gasteiger partial charge in [0.1, 0.15) is 0 Å². The summed E-state index contributed by atoms with van der Waals surface area (Å²) < 4.78 is 0. The molecule has 0 aliphatic heterocycles. The molecule has 2 heteroatoms. The summed E-state index contributed by atoms with van der Waals surface area (Å²) in [4.78, 5) is 7.45. The number of nitrogens with one attached hydrogen (secondary N) is 1. The second kappa shape index (κ2) is 2.84. The van der Waals surface area contributed by atoms with Crippen molar-refractivity contribution in [2.75, 3.05) is 0 Å². The van der Waals surface area contributed by atoms with Gasteiger partial charge in [-0.1, -0.05) is 26.8 Å². The molecule has 0 amide bonds. The summed E-state index contributed by atoms with van der Waals surface area (Å²) >= 11 is 0. The lowest BCUT2D eigenvalue weighted by atomic mass is 9.86. The first-order valence-corrected chi connectivity index (χ1v) is 4.93. The Kier molecular flexibility index (Phi) is 1.88. The van der Waals surface area contributed by atoms with Gasteiger partial charge in [0.25, 0.3) is 0 Å². The van der Waals surface area contributed by atoms with Crippen LogP contribution in [0.2, 0.25) is 0 Å². The van der Waals surface area contributed by atoms with Crippen LogP contribution in [0.4, 0.5) is 0 Å². The van der Waals surface area contributed by atoms with Crippen molar-refractivity contribution >= 4 is 11.0 Å². The summed E-state index contributed by atoms with van der Waals surface area (Å²) in [7, 11) is 0. The van der Waals surface area contributed by atoms with Crippen LogP contribution in [0.1, 0.15) is 31.9 Å². The number of benzene rings is 1. The Hall–Kier alpha value is -1.31. The number of imidazole rings is 1. The van der Waals surface area contributed by atoms with E-state index in [1.165, 1.54) is 11.1 Å². The lowest BCUT2D eigenvalue weighted by Gasteiger charge is -2.19. The molecule has 74 valence electrons. The van der Waals surface area contributed by atoms with Gasteiger partial charge in [-0.25, -0.2) is 4.98 Å². The van der Waals surface area contributed by atoms with E-state index in [1.807, 2.05) is 0 Å². The molecule has 0 spiro atoms.